The van der Waals surface area contributed by atoms with Crippen molar-refractivity contribution in [2.75, 3.05) is 6.54 Å². The number of hydrogen-bond donors (Lipinski definition) is 20. The summed E-state index contributed by atoms with van der Waals surface area (Å²) in [4.78, 5) is 20.0. The summed E-state index contributed by atoms with van der Waals surface area (Å²) in [5, 5.41) is 174. The number of benzene rings is 1. The van der Waals surface area contributed by atoms with Gasteiger partial charge in [-0.05, 0) is 31.7 Å². The number of amides is 1. The fourth-order valence-electron chi connectivity index (χ4n) is 6.42. The largest absolute Gasteiger partial charge is 0.385 e. The van der Waals surface area contributed by atoms with E-state index >= 15 is 0 Å². The third-order valence-electron chi connectivity index (χ3n) is 10.3. The molecule has 0 bridgehead atoms. The number of nitrogens with zero attached hydrogens (tertiary/aromatic N) is 2. The molecule has 57 heavy (non-hydrogen) atoms. The van der Waals surface area contributed by atoms with Gasteiger partial charge in [-0.1, -0.05) is 50.6 Å². The second-order valence-electron chi connectivity index (χ2n) is 14.3. The maximum atomic E-state index is 14.4. The van der Waals surface area contributed by atoms with Crippen LogP contribution in [-0.4, -0.2) is 192 Å². The number of alkyl halides is 2. The van der Waals surface area contributed by atoms with Gasteiger partial charge in [0.05, 0.1) is 0 Å². The first-order valence-corrected chi connectivity index (χ1v) is 17.0. The normalized spacial score (nSPS) is 26.8. The zero-order valence-corrected chi connectivity index (χ0v) is 30.7. The molecule has 0 radical (unpaired) electrons. The summed E-state index contributed by atoms with van der Waals surface area (Å²) in [6.07, 6.45) is -8.95. The molecule has 0 aliphatic carbocycles. The van der Waals surface area contributed by atoms with E-state index in [1.54, 1.807) is 44.2 Å². The summed E-state index contributed by atoms with van der Waals surface area (Å²) in [5.41, 5.74) is 1.52. The molecule has 3 rings (SSSR count). The molecule has 2 fully saturated rings. The zero-order valence-electron chi connectivity index (χ0n) is 30.7. The van der Waals surface area contributed by atoms with Gasteiger partial charge in [0.15, 0.2) is 6.17 Å². The lowest BCUT2D eigenvalue weighted by atomic mass is 9.88. The fourth-order valence-corrected chi connectivity index (χ4v) is 6.42. The first-order chi connectivity index (χ1) is 25.6. The molecule has 2 heterocycles. The molecule has 0 aromatic heterocycles. The summed E-state index contributed by atoms with van der Waals surface area (Å²) < 4.78 is 32.9. The van der Waals surface area contributed by atoms with Crippen molar-refractivity contribution >= 4 is 5.91 Å². The van der Waals surface area contributed by atoms with Gasteiger partial charge in [0, 0.05) is 25.0 Å². The van der Waals surface area contributed by atoms with Crippen LogP contribution >= 0.6 is 0 Å². The monoisotopic (exact) mass is 839 g/mol. The van der Waals surface area contributed by atoms with Crippen LogP contribution in [0.5, 0.6) is 0 Å². The van der Waals surface area contributed by atoms with Crippen LogP contribution in [-0.2, 0) is 20.8 Å². The van der Waals surface area contributed by atoms with E-state index in [1.165, 1.54) is 12.4 Å². The minimum absolute atomic E-state index is 0.164. The van der Waals surface area contributed by atoms with E-state index in [9.17, 15) is 100 Å². The second-order valence-corrected chi connectivity index (χ2v) is 14.3. The minimum atomic E-state index is -5.68. The molecule has 330 valence electrons. The molecule has 2 aliphatic rings. The van der Waals surface area contributed by atoms with Crippen LogP contribution in [0, 0.1) is 5.92 Å². The molecule has 27 heteroatoms. The van der Waals surface area contributed by atoms with E-state index in [4.69, 9.17) is 4.84 Å². The van der Waals surface area contributed by atoms with Crippen molar-refractivity contribution in [3.8, 4) is 0 Å². The number of hydrazine groups is 1. The Bertz CT molecular complexity index is 1510. The highest BCUT2D eigenvalue weighted by molar-refractivity contribution is 5.81. The lowest BCUT2D eigenvalue weighted by Crippen LogP contribution is -2.83. The molecule has 0 saturated carbocycles. The van der Waals surface area contributed by atoms with Crippen molar-refractivity contribution in [3.05, 3.63) is 35.9 Å². The Labute approximate surface area is 320 Å². The van der Waals surface area contributed by atoms with Gasteiger partial charge >= 0.3 is 29.8 Å². The Balaban J connectivity index is 2.16. The molecule has 1 amide bonds. The van der Waals surface area contributed by atoms with Crippen LogP contribution in [0.4, 0.5) is 8.78 Å². The summed E-state index contributed by atoms with van der Waals surface area (Å²) in [5.74, 6) is -39.4. The summed E-state index contributed by atoms with van der Waals surface area (Å²) >= 11 is 0. The Kier molecular flexibility index (Phi) is 14.0. The third kappa shape index (κ3) is 8.92. The Morgan fingerprint density at radius 3 is 1.88 bits per heavy atom. The van der Waals surface area contributed by atoms with Gasteiger partial charge in [0.2, 0.25) is 6.10 Å². The SMILES string of the molecule is CC[C@H](C)C(C)N(CC(C)N1C(C(O)(O)O)NNC1C(O)(C(O)(O)O)C(O)(O)O)C(O)(CCc1ccccc1)ONC(=O)C1OC(O)(O)C(F)(F)C(O)(O)C1(O)O. The van der Waals surface area contributed by atoms with Crippen LogP contribution in [0.2, 0.25) is 0 Å². The van der Waals surface area contributed by atoms with Gasteiger partial charge in [-0.25, -0.2) is 26.1 Å². The maximum Gasteiger partial charge on any atom is 0.385 e. The molecular weight excluding hydrogens is 788 g/mol. The van der Waals surface area contributed by atoms with Crippen LogP contribution in [0.3, 0.4) is 0 Å². The van der Waals surface area contributed by atoms with E-state index in [0.29, 0.717) is 16.9 Å². The molecule has 6 unspecified atom stereocenters. The van der Waals surface area contributed by atoms with Crippen molar-refractivity contribution < 1.29 is 110 Å². The van der Waals surface area contributed by atoms with E-state index in [-0.39, 0.29) is 6.42 Å². The number of carbonyl (C=O) groups is 1. The van der Waals surface area contributed by atoms with Crippen molar-refractivity contribution in [2.24, 2.45) is 5.92 Å². The number of ether oxygens (including phenoxy) is 1. The summed E-state index contributed by atoms with van der Waals surface area (Å²) in [6, 6.07) is 5.32. The summed E-state index contributed by atoms with van der Waals surface area (Å²) in [6.45, 7) is 5.06. The zero-order chi connectivity index (χ0) is 44.2. The molecule has 25 nitrogen and oxygen atoms in total. The van der Waals surface area contributed by atoms with Gasteiger partial charge in [0.1, 0.15) is 6.17 Å². The van der Waals surface area contributed by atoms with Crippen molar-refractivity contribution in [1.29, 1.82) is 0 Å². The number of carbonyl (C=O) groups excluding carboxylic acids is 1. The quantitative estimate of drug-likeness (QED) is 0.0511. The van der Waals surface area contributed by atoms with Crippen LogP contribution < -0.4 is 16.3 Å². The predicted molar refractivity (Wildman–Crippen MR) is 174 cm³/mol. The van der Waals surface area contributed by atoms with Gasteiger partial charge < -0.3 is 91.5 Å². The highest BCUT2D eigenvalue weighted by Gasteiger charge is 2.82. The van der Waals surface area contributed by atoms with E-state index < -0.39 is 108 Å². The highest BCUT2D eigenvalue weighted by atomic mass is 19.3. The van der Waals surface area contributed by atoms with E-state index in [2.05, 4.69) is 4.74 Å². The first kappa shape index (κ1) is 49.0. The van der Waals surface area contributed by atoms with E-state index in [0.717, 1.165) is 11.8 Å². The second kappa shape index (κ2) is 16.2. The predicted octanol–water partition coefficient (Wildman–Crippen LogP) is -8.84. The maximum absolute atomic E-state index is 14.4. The molecule has 20 N–H and O–H groups in total. The Hall–Kier alpha value is -2.37. The summed E-state index contributed by atoms with van der Waals surface area (Å²) in [7, 11) is 0. The third-order valence-corrected chi connectivity index (χ3v) is 10.3. The highest BCUT2D eigenvalue weighted by Crippen LogP contribution is 2.48. The minimum Gasteiger partial charge on any atom is -0.373 e. The smallest absolute Gasteiger partial charge is 0.373 e. The molecular formula is C30H51F2N5O20. The van der Waals surface area contributed by atoms with Crippen LogP contribution in [0.25, 0.3) is 0 Å². The molecule has 1 aromatic rings. The standard InChI is InChI=1S/C30H51F2N5O20/c1-5-14(2)16(4)36(13-15(3)37-20(33-34-21(37)25(43,44)45)23(40,28(48,49)50)29(51,52)53)22(39,12-11-17-9-7-6-8-10-17)57-35-19(38)18-24(41,42)27(46,47)26(31,32)30(54,55)56-18/h6-10,14-16,18,20-21,33-34,39-55H,5,11-13H2,1-4H3,(H,35,38)/t14-,15?,16?,18?,20?,21?,22?/m0/s1. The van der Waals surface area contributed by atoms with Crippen LogP contribution in [0.15, 0.2) is 30.3 Å². The Morgan fingerprint density at radius 2 is 1.40 bits per heavy atom. The number of hydroxylamine groups is 1. The van der Waals surface area contributed by atoms with Gasteiger partial charge in [0.25, 0.3) is 29.0 Å². The number of aliphatic hydroxyl groups is 17. The molecule has 2 saturated heterocycles. The molecule has 2 aliphatic heterocycles. The molecule has 0 spiro atoms. The topological polar surface area (TPSA) is 422 Å². The number of hydrogen-bond acceptors (Lipinski definition) is 24. The van der Waals surface area contributed by atoms with Crippen molar-refractivity contribution in [3.63, 3.8) is 0 Å². The molecule has 7 atom stereocenters. The average molecular weight is 840 g/mol. The first-order valence-electron chi connectivity index (χ1n) is 17.0. The lowest BCUT2D eigenvalue weighted by molar-refractivity contribution is -0.567. The van der Waals surface area contributed by atoms with Gasteiger partial charge in [-0.2, -0.15) is 8.78 Å². The average Bonchev–Trinajstić information content (AvgIpc) is 3.55. The Morgan fingerprint density at radius 1 is 0.895 bits per heavy atom. The van der Waals surface area contributed by atoms with Gasteiger partial charge in [-0.3, -0.25) is 9.69 Å². The van der Waals surface area contributed by atoms with Crippen LogP contribution in [0.1, 0.15) is 46.1 Å². The number of aryl methyl sites for hydroxylation is 1. The number of halogens is 2. The van der Waals surface area contributed by atoms with E-state index in [1.807, 2.05) is 10.9 Å². The lowest BCUT2D eigenvalue weighted by Gasteiger charge is -2.51. The fraction of sp³-hybridized carbons (Fsp3) is 0.767. The molecule has 1 aromatic carbocycles. The van der Waals surface area contributed by atoms with Gasteiger partial charge in [-0.15, -0.1) is 0 Å². The number of nitrogens with one attached hydrogen (secondary N) is 3. The number of rotatable bonds is 17. The van der Waals surface area contributed by atoms with Crippen molar-refractivity contribution in [2.45, 2.75) is 130 Å². The van der Waals surface area contributed by atoms with Crippen molar-refractivity contribution in [1.82, 2.24) is 26.1 Å².